The number of aliphatic hydroxyl groups excluding tert-OH is 1. The molecule has 1 saturated heterocycles. The molecule has 2 aromatic rings. The molecule has 3 N–H and O–H groups in total. The van der Waals surface area contributed by atoms with E-state index in [-0.39, 0.29) is 25.1 Å². The molecule has 2 heterocycles. The van der Waals surface area contributed by atoms with Crippen molar-refractivity contribution in [2.24, 2.45) is 5.73 Å². The van der Waals surface area contributed by atoms with Gasteiger partial charge in [-0.05, 0) is 42.6 Å². The molecule has 0 unspecified atom stereocenters. The third-order valence-electron chi connectivity index (χ3n) is 5.18. The van der Waals surface area contributed by atoms with Gasteiger partial charge >= 0.3 is 0 Å². The van der Waals surface area contributed by atoms with E-state index in [2.05, 4.69) is 28.1 Å². The van der Waals surface area contributed by atoms with Crippen LogP contribution in [0.3, 0.4) is 0 Å². The summed E-state index contributed by atoms with van der Waals surface area (Å²) in [6.07, 6.45) is 4.09. The summed E-state index contributed by atoms with van der Waals surface area (Å²) in [5.41, 5.74) is 9.62. The monoisotopic (exact) mass is 368 g/mol. The Hall–Kier alpha value is -2.28. The van der Waals surface area contributed by atoms with Crippen LogP contribution >= 0.6 is 0 Å². The van der Waals surface area contributed by atoms with E-state index in [9.17, 15) is 9.90 Å². The van der Waals surface area contributed by atoms with Gasteiger partial charge in [0, 0.05) is 37.9 Å². The number of aromatic nitrogens is 1. The Kier molecular flexibility index (Phi) is 6.55. The summed E-state index contributed by atoms with van der Waals surface area (Å²) >= 11 is 0. The number of carbonyl (C=O) groups excluding carboxylic acids is 1. The highest BCUT2D eigenvalue weighted by Crippen LogP contribution is 2.22. The maximum Gasteiger partial charge on any atom is 0.236 e. The van der Waals surface area contributed by atoms with Crippen LogP contribution in [0.15, 0.2) is 42.6 Å². The highest BCUT2D eigenvalue weighted by atomic mass is 16.3. The Balaban J connectivity index is 1.68. The van der Waals surface area contributed by atoms with Crippen molar-refractivity contribution >= 4 is 5.91 Å². The van der Waals surface area contributed by atoms with Gasteiger partial charge in [0.25, 0.3) is 0 Å². The first kappa shape index (κ1) is 19.5. The molecule has 0 bridgehead atoms. The number of carbonyl (C=O) groups is 1. The first-order chi connectivity index (χ1) is 13.1. The van der Waals surface area contributed by atoms with Gasteiger partial charge in [0.1, 0.15) is 0 Å². The number of rotatable bonds is 7. The SMILES string of the molecule is CN(Cc1cccc(-c2ccc(CN3CCC[C@@H]3CO)nc2)c1)C(=O)CN. The summed E-state index contributed by atoms with van der Waals surface area (Å²) in [6, 6.07) is 12.5. The van der Waals surface area contributed by atoms with E-state index in [0.717, 1.165) is 48.3 Å². The third-order valence-corrected chi connectivity index (χ3v) is 5.18. The average molecular weight is 368 g/mol. The molecule has 27 heavy (non-hydrogen) atoms. The van der Waals surface area contributed by atoms with Crippen molar-refractivity contribution in [3.8, 4) is 11.1 Å². The van der Waals surface area contributed by atoms with Crippen molar-refractivity contribution in [2.45, 2.75) is 32.0 Å². The number of likely N-dealkylation sites (N-methyl/N-ethyl adjacent to an activating group) is 1. The van der Waals surface area contributed by atoms with Gasteiger partial charge in [-0.1, -0.05) is 24.3 Å². The summed E-state index contributed by atoms with van der Waals surface area (Å²) in [7, 11) is 1.76. The van der Waals surface area contributed by atoms with Crippen LogP contribution in [0.2, 0.25) is 0 Å². The number of likely N-dealkylation sites (tertiary alicyclic amines) is 1. The Morgan fingerprint density at radius 1 is 1.33 bits per heavy atom. The highest BCUT2D eigenvalue weighted by Gasteiger charge is 2.23. The van der Waals surface area contributed by atoms with Crippen LogP contribution in [0.1, 0.15) is 24.1 Å². The van der Waals surface area contributed by atoms with Crippen molar-refractivity contribution in [3.05, 3.63) is 53.9 Å². The first-order valence-corrected chi connectivity index (χ1v) is 9.44. The molecule has 0 saturated carbocycles. The highest BCUT2D eigenvalue weighted by molar-refractivity contribution is 5.77. The van der Waals surface area contributed by atoms with Crippen LogP contribution in [-0.4, -0.2) is 58.6 Å². The van der Waals surface area contributed by atoms with Crippen molar-refractivity contribution in [1.82, 2.24) is 14.8 Å². The lowest BCUT2D eigenvalue weighted by atomic mass is 10.0. The molecule has 1 aromatic carbocycles. The van der Waals surface area contributed by atoms with Crippen molar-refractivity contribution in [1.29, 1.82) is 0 Å². The molecule has 1 amide bonds. The number of hydrogen-bond acceptors (Lipinski definition) is 5. The molecule has 3 rings (SSSR count). The fourth-order valence-electron chi connectivity index (χ4n) is 3.57. The molecule has 0 aliphatic carbocycles. The van der Waals surface area contributed by atoms with Crippen LogP contribution in [-0.2, 0) is 17.9 Å². The molecule has 0 radical (unpaired) electrons. The predicted octanol–water partition coefficient (Wildman–Crippen LogP) is 1.62. The van der Waals surface area contributed by atoms with Gasteiger partial charge in [0.2, 0.25) is 5.91 Å². The lowest BCUT2D eigenvalue weighted by Gasteiger charge is -2.22. The van der Waals surface area contributed by atoms with Gasteiger partial charge in [-0.15, -0.1) is 0 Å². The lowest BCUT2D eigenvalue weighted by Crippen LogP contribution is -2.32. The van der Waals surface area contributed by atoms with Crippen LogP contribution in [0.25, 0.3) is 11.1 Å². The molecule has 1 aliphatic rings. The molecule has 1 atom stereocenters. The second-order valence-electron chi connectivity index (χ2n) is 7.14. The summed E-state index contributed by atoms with van der Waals surface area (Å²) < 4.78 is 0. The Bertz CT molecular complexity index is 763. The smallest absolute Gasteiger partial charge is 0.236 e. The second kappa shape index (κ2) is 9.08. The zero-order valence-corrected chi connectivity index (χ0v) is 15.8. The van der Waals surface area contributed by atoms with E-state index >= 15 is 0 Å². The fraction of sp³-hybridized carbons (Fsp3) is 0.429. The van der Waals surface area contributed by atoms with Crippen molar-refractivity contribution < 1.29 is 9.90 Å². The maximum atomic E-state index is 11.7. The number of amides is 1. The number of nitrogens with two attached hydrogens (primary N) is 1. The minimum absolute atomic E-state index is 0.0235. The minimum atomic E-state index is -0.0745. The molecule has 6 nitrogen and oxygen atoms in total. The zero-order chi connectivity index (χ0) is 19.2. The van der Waals surface area contributed by atoms with Crippen LogP contribution in [0.5, 0.6) is 0 Å². The number of aliphatic hydroxyl groups is 1. The summed E-state index contributed by atoms with van der Waals surface area (Å²) in [5, 5.41) is 9.45. The van der Waals surface area contributed by atoms with Gasteiger partial charge in [-0.2, -0.15) is 0 Å². The van der Waals surface area contributed by atoms with Crippen LogP contribution < -0.4 is 5.73 Å². The Morgan fingerprint density at radius 3 is 2.89 bits per heavy atom. The molecule has 144 valence electrons. The van der Waals surface area contributed by atoms with E-state index in [1.807, 2.05) is 24.4 Å². The Morgan fingerprint density at radius 2 is 2.19 bits per heavy atom. The summed E-state index contributed by atoms with van der Waals surface area (Å²) in [4.78, 5) is 20.2. The molecule has 1 fully saturated rings. The van der Waals surface area contributed by atoms with E-state index in [4.69, 9.17) is 5.73 Å². The zero-order valence-electron chi connectivity index (χ0n) is 15.8. The fourth-order valence-corrected chi connectivity index (χ4v) is 3.57. The largest absolute Gasteiger partial charge is 0.395 e. The van der Waals surface area contributed by atoms with Gasteiger partial charge in [-0.3, -0.25) is 14.7 Å². The molecule has 1 aromatic heterocycles. The normalized spacial score (nSPS) is 17.2. The minimum Gasteiger partial charge on any atom is -0.395 e. The van der Waals surface area contributed by atoms with Crippen molar-refractivity contribution in [3.63, 3.8) is 0 Å². The van der Waals surface area contributed by atoms with Gasteiger partial charge in [0.05, 0.1) is 18.8 Å². The van der Waals surface area contributed by atoms with E-state index < -0.39 is 0 Å². The molecular formula is C21H28N4O2. The van der Waals surface area contributed by atoms with Crippen LogP contribution in [0.4, 0.5) is 0 Å². The average Bonchev–Trinajstić information content (AvgIpc) is 3.15. The number of benzene rings is 1. The van der Waals surface area contributed by atoms with E-state index in [0.29, 0.717) is 6.54 Å². The quantitative estimate of drug-likeness (QED) is 0.776. The van der Waals surface area contributed by atoms with E-state index in [1.54, 1.807) is 11.9 Å². The standard InChI is InChI=1S/C21H28N4O2/c1-24(21(27)11-22)13-16-4-2-5-17(10-16)18-7-8-19(23-12-18)14-25-9-3-6-20(25)15-26/h2,4-5,7-8,10,12,20,26H,3,6,9,11,13-15,22H2,1H3/t20-/m1/s1. The number of nitrogens with zero attached hydrogens (tertiary/aromatic N) is 3. The molecule has 1 aliphatic heterocycles. The number of pyridine rings is 1. The van der Waals surface area contributed by atoms with Gasteiger partial charge < -0.3 is 15.7 Å². The Labute approximate surface area is 160 Å². The first-order valence-electron chi connectivity index (χ1n) is 9.44. The van der Waals surface area contributed by atoms with E-state index in [1.165, 1.54) is 0 Å². The maximum absolute atomic E-state index is 11.7. The topological polar surface area (TPSA) is 82.7 Å². The number of hydrogen-bond donors (Lipinski definition) is 2. The second-order valence-corrected chi connectivity index (χ2v) is 7.14. The van der Waals surface area contributed by atoms with Gasteiger partial charge in [0.15, 0.2) is 0 Å². The predicted molar refractivity (Wildman–Crippen MR) is 106 cm³/mol. The molecular weight excluding hydrogens is 340 g/mol. The van der Waals surface area contributed by atoms with Crippen molar-refractivity contribution in [2.75, 3.05) is 26.7 Å². The van der Waals surface area contributed by atoms with Crippen LogP contribution in [0, 0.1) is 0 Å². The molecule has 0 spiro atoms. The summed E-state index contributed by atoms with van der Waals surface area (Å²) in [6.45, 7) is 2.57. The third kappa shape index (κ3) is 4.91. The lowest BCUT2D eigenvalue weighted by molar-refractivity contribution is -0.128. The summed E-state index contributed by atoms with van der Waals surface area (Å²) in [5.74, 6) is -0.0745. The molecule has 6 heteroatoms. The van der Waals surface area contributed by atoms with Gasteiger partial charge in [-0.25, -0.2) is 0 Å².